The van der Waals surface area contributed by atoms with Crippen molar-refractivity contribution < 1.29 is 0 Å². The second kappa shape index (κ2) is 3.89. The Labute approximate surface area is 112 Å². The number of hydrogen-bond acceptors (Lipinski definition) is 2. The average molecular weight is 246 g/mol. The molecule has 0 aromatic heterocycles. The summed E-state index contributed by atoms with van der Waals surface area (Å²) in [6.07, 6.45) is 3.86. The first-order valence-electron chi connectivity index (χ1n) is 6.62. The van der Waals surface area contributed by atoms with Crippen LogP contribution in [0, 0.1) is 6.92 Å². The molecule has 0 fully saturated rings. The predicted octanol–water partition coefficient (Wildman–Crippen LogP) is 3.93. The van der Waals surface area contributed by atoms with Crippen LogP contribution < -0.4 is 0 Å². The summed E-state index contributed by atoms with van der Waals surface area (Å²) in [4.78, 5) is 9.19. The fourth-order valence-corrected chi connectivity index (χ4v) is 2.74. The van der Waals surface area contributed by atoms with Crippen LogP contribution in [0.5, 0.6) is 0 Å². The molecule has 0 amide bonds. The maximum atomic E-state index is 4.77. The van der Waals surface area contributed by atoms with Crippen molar-refractivity contribution in [3.63, 3.8) is 0 Å². The van der Waals surface area contributed by atoms with Gasteiger partial charge in [-0.2, -0.15) is 0 Å². The van der Waals surface area contributed by atoms with Gasteiger partial charge in [-0.05, 0) is 41.3 Å². The lowest BCUT2D eigenvalue weighted by Crippen LogP contribution is -2.00. The maximum Gasteiger partial charge on any atom is 0.0671 e. The Balaban J connectivity index is 1.75. The Morgan fingerprint density at radius 3 is 2.79 bits per heavy atom. The van der Waals surface area contributed by atoms with Gasteiger partial charge in [-0.3, -0.25) is 9.98 Å². The Bertz CT molecular complexity index is 739. The van der Waals surface area contributed by atoms with Crippen molar-refractivity contribution >= 4 is 23.3 Å². The molecule has 2 heteroatoms. The van der Waals surface area contributed by atoms with Crippen LogP contribution in [0.3, 0.4) is 0 Å². The quantitative estimate of drug-likeness (QED) is 0.728. The van der Waals surface area contributed by atoms with Gasteiger partial charge in [0.1, 0.15) is 0 Å². The molecule has 0 saturated carbocycles. The molecule has 2 nitrogen and oxygen atoms in total. The minimum atomic E-state index is 0.929. The van der Waals surface area contributed by atoms with Crippen LogP contribution in [-0.4, -0.2) is 11.9 Å². The molecule has 0 radical (unpaired) electrons. The van der Waals surface area contributed by atoms with Crippen molar-refractivity contribution in [3.8, 4) is 0 Å². The summed E-state index contributed by atoms with van der Waals surface area (Å²) >= 11 is 0. The molecule has 2 aromatic rings. The van der Waals surface area contributed by atoms with Gasteiger partial charge < -0.3 is 0 Å². The third-order valence-electron chi connectivity index (χ3n) is 3.81. The molecule has 2 aliphatic rings. The number of benzene rings is 2. The fraction of sp³-hybridized carbons (Fsp3) is 0.176. The number of fused-ring (bicyclic) bond motifs is 2. The standard InChI is InChI=1S/C17H14N2/c1-11-2-3-13-10-17(19-16(13)8-11)14-5-4-12-6-7-18-15(12)9-14/h2-5,7-9H,6,10H2,1H3. The van der Waals surface area contributed by atoms with Gasteiger partial charge in [0, 0.05) is 19.1 Å². The molecule has 0 N–H and O–H groups in total. The van der Waals surface area contributed by atoms with Crippen molar-refractivity contribution in [1.29, 1.82) is 0 Å². The lowest BCUT2D eigenvalue weighted by atomic mass is 10.0. The van der Waals surface area contributed by atoms with Crippen molar-refractivity contribution in [2.75, 3.05) is 0 Å². The van der Waals surface area contributed by atoms with Crippen LogP contribution in [0.4, 0.5) is 11.4 Å². The first kappa shape index (κ1) is 10.7. The molecular formula is C17H14N2. The highest BCUT2D eigenvalue weighted by molar-refractivity contribution is 6.07. The van der Waals surface area contributed by atoms with Gasteiger partial charge >= 0.3 is 0 Å². The van der Waals surface area contributed by atoms with E-state index in [1.807, 2.05) is 6.21 Å². The lowest BCUT2D eigenvalue weighted by Gasteiger charge is -2.03. The van der Waals surface area contributed by atoms with E-state index in [-0.39, 0.29) is 0 Å². The largest absolute Gasteiger partial charge is 0.261 e. The van der Waals surface area contributed by atoms with Crippen molar-refractivity contribution in [2.45, 2.75) is 19.8 Å². The molecule has 0 aliphatic carbocycles. The molecule has 92 valence electrons. The van der Waals surface area contributed by atoms with Crippen LogP contribution in [-0.2, 0) is 12.8 Å². The zero-order valence-electron chi connectivity index (χ0n) is 10.9. The molecule has 0 saturated heterocycles. The molecular weight excluding hydrogens is 232 g/mol. The summed E-state index contributed by atoms with van der Waals surface area (Å²) in [5, 5.41) is 0. The molecule has 0 bridgehead atoms. The number of aryl methyl sites for hydroxylation is 1. The molecule has 19 heavy (non-hydrogen) atoms. The van der Waals surface area contributed by atoms with Crippen LogP contribution in [0.1, 0.15) is 22.3 Å². The fourth-order valence-electron chi connectivity index (χ4n) is 2.74. The van der Waals surface area contributed by atoms with E-state index in [4.69, 9.17) is 4.99 Å². The number of aliphatic imine (C=N–C) groups is 2. The van der Waals surface area contributed by atoms with E-state index in [0.717, 1.165) is 29.9 Å². The molecule has 2 aromatic carbocycles. The second-order valence-corrected chi connectivity index (χ2v) is 5.23. The highest BCUT2D eigenvalue weighted by atomic mass is 14.8. The maximum absolute atomic E-state index is 4.77. The number of hydrogen-bond donors (Lipinski definition) is 0. The number of rotatable bonds is 1. The molecule has 4 rings (SSSR count). The zero-order chi connectivity index (χ0) is 12.8. The molecule has 0 unspecified atom stereocenters. The third kappa shape index (κ3) is 1.72. The monoisotopic (exact) mass is 246 g/mol. The van der Waals surface area contributed by atoms with Gasteiger partial charge in [0.2, 0.25) is 0 Å². The van der Waals surface area contributed by atoms with E-state index < -0.39 is 0 Å². The van der Waals surface area contributed by atoms with E-state index in [1.165, 1.54) is 22.3 Å². The van der Waals surface area contributed by atoms with E-state index in [9.17, 15) is 0 Å². The highest BCUT2D eigenvalue weighted by Gasteiger charge is 2.17. The topological polar surface area (TPSA) is 24.7 Å². The summed E-state index contributed by atoms with van der Waals surface area (Å²) in [6.45, 7) is 2.11. The van der Waals surface area contributed by atoms with Gasteiger partial charge in [-0.25, -0.2) is 0 Å². The Kier molecular flexibility index (Phi) is 2.18. The normalized spacial score (nSPS) is 15.3. The first-order valence-corrected chi connectivity index (χ1v) is 6.62. The van der Waals surface area contributed by atoms with Crippen molar-refractivity contribution in [2.24, 2.45) is 9.98 Å². The van der Waals surface area contributed by atoms with Crippen LogP contribution in [0.2, 0.25) is 0 Å². The molecule has 2 heterocycles. The minimum absolute atomic E-state index is 0.929. The summed E-state index contributed by atoms with van der Waals surface area (Å²) in [7, 11) is 0. The summed E-state index contributed by atoms with van der Waals surface area (Å²) < 4.78 is 0. The van der Waals surface area contributed by atoms with Gasteiger partial charge in [-0.1, -0.05) is 24.3 Å². The van der Waals surface area contributed by atoms with E-state index >= 15 is 0 Å². The van der Waals surface area contributed by atoms with Crippen molar-refractivity contribution in [1.82, 2.24) is 0 Å². The second-order valence-electron chi connectivity index (χ2n) is 5.23. The first-order chi connectivity index (χ1) is 9.29. The Morgan fingerprint density at radius 2 is 1.84 bits per heavy atom. The predicted molar refractivity (Wildman–Crippen MR) is 79.4 cm³/mol. The Hall–Kier alpha value is -2.22. The SMILES string of the molecule is Cc1ccc2c(c1)N=C(c1ccc3c(c1)N=CC3)C2. The van der Waals surface area contributed by atoms with Gasteiger partial charge in [0.25, 0.3) is 0 Å². The molecule has 0 atom stereocenters. The summed E-state index contributed by atoms with van der Waals surface area (Å²) in [5.74, 6) is 0. The minimum Gasteiger partial charge on any atom is -0.261 e. The Morgan fingerprint density at radius 1 is 0.947 bits per heavy atom. The molecule has 2 aliphatic heterocycles. The van der Waals surface area contributed by atoms with Gasteiger partial charge in [-0.15, -0.1) is 0 Å². The smallest absolute Gasteiger partial charge is 0.0671 e. The summed E-state index contributed by atoms with van der Waals surface area (Å²) in [6, 6.07) is 13.0. The van der Waals surface area contributed by atoms with Crippen molar-refractivity contribution in [3.05, 3.63) is 58.7 Å². The molecule has 0 spiro atoms. The average Bonchev–Trinajstić information content (AvgIpc) is 3.02. The van der Waals surface area contributed by atoms with E-state index in [1.54, 1.807) is 0 Å². The van der Waals surface area contributed by atoms with Crippen LogP contribution in [0.25, 0.3) is 0 Å². The highest BCUT2D eigenvalue weighted by Crippen LogP contribution is 2.32. The van der Waals surface area contributed by atoms with Crippen LogP contribution >= 0.6 is 0 Å². The van der Waals surface area contributed by atoms with E-state index in [2.05, 4.69) is 48.3 Å². The summed E-state index contributed by atoms with van der Waals surface area (Å²) in [5.41, 5.74) is 8.49. The number of nitrogens with zero attached hydrogens (tertiary/aromatic N) is 2. The van der Waals surface area contributed by atoms with Crippen LogP contribution in [0.15, 0.2) is 46.4 Å². The van der Waals surface area contributed by atoms with Gasteiger partial charge in [0.15, 0.2) is 0 Å². The lowest BCUT2D eigenvalue weighted by molar-refractivity contribution is 1.35. The van der Waals surface area contributed by atoms with Gasteiger partial charge in [0.05, 0.1) is 17.1 Å². The zero-order valence-corrected chi connectivity index (χ0v) is 10.9. The van der Waals surface area contributed by atoms with E-state index in [0.29, 0.717) is 0 Å². The third-order valence-corrected chi connectivity index (χ3v) is 3.81.